The summed E-state index contributed by atoms with van der Waals surface area (Å²) in [6.45, 7) is 7.28. The lowest BCUT2D eigenvalue weighted by molar-refractivity contribution is 0.206. The zero-order valence-corrected chi connectivity index (χ0v) is 9.95. The first-order valence-corrected chi connectivity index (χ1v) is 5.44. The number of hydrogen-bond acceptors (Lipinski definition) is 3. The summed E-state index contributed by atoms with van der Waals surface area (Å²) in [5.41, 5.74) is 0. The van der Waals surface area contributed by atoms with Crippen molar-refractivity contribution in [1.29, 1.82) is 5.26 Å². The fourth-order valence-corrected chi connectivity index (χ4v) is 1.47. The molecule has 14 heavy (non-hydrogen) atoms. The molecular formula is C11H23N3. The van der Waals surface area contributed by atoms with Gasteiger partial charge in [0.15, 0.2) is 0 Å². The van der Waals surface area contributed by atoms with Crippen LogP contribution in [0.3, 0.4) is 0 Å². The van der Waals surface area contributed by atoms with Crippen molar-refractivity contribution < 1.29 is 0 Å². The molecule has 3 nitrogen and oxygen atoms in total. The van der Waals surface area contributed by atoms with E-state index in [1.165, 1.54) is 0 Å². The Kier molecular flexibility index (Phi) is 7.45. The molecule has 1 atom stereocenters. The molecule has 0 aliphatic heterocycles. The Morgan fingerprint density at radius 3 is 2.14 bits per heavy atom. The highest BCUT2D eigenvalue weighted by Gasteiger charge is 2.14. The maximum Gasteiger partial charge on any atom is 0.0975 e. The van der Waals surface area contributed by atoms with Gasteiger partial charge in [-0.1, -0.05) is 13.8 Å². The minimum absolute atomic E-state index is 0.0925. The maximum absolute atomic E-state index is 8.98. The van der Waals surface area contributed by atoms with Crippen LogP contribution >= 0.6 is 0 Å². The van der Waals surface area contributed by atoms with E-state index < -0.39 is 0 Å². The lowest BCUT2D eigenvalue weighted by Gasteiger charge is -2.27. The molecular weight excluding hydrogens is 174 g/mol. The third kappa shape index (κ3) is 5.21. The second kappa shape index (κ2) is 7.78. The number of nitrogens with zero attached hydrogens (tertiary/aromatic N) is 3. The highest BCUT2D eigenvalue weighted by Crippen LogP contribution is 2.04. The Bertz CT molecular complexity index is 172. The van der Waals surface area contributed by atoms with E-state index in [1.54, 1.807) is 0 Å². The molecule has 0 aromatic heterocycles. The zero-order chi connectivity index (χ0) is 11.0. The summed E-state index contributed by atoms with van der Waals surface area (Å²) in [7, 11) is 4.13. The van der Waals surface area contributed by atoms with E-state index in [0.29, 0.717) is 0 Å². The van der Waals surface area contributed by atoms with Crippen molar-refractivity contribution in [2.24, 2.45) is 0 Å². The Balaban J connectivity index is 4.06. The van der Waals surface area contributed by atoms with E-state index in [0.717, 1.165) is 32.5 Å². The lowest BCUT2D eigenvalue weighted by Crippen LogP contribution is -2.39. The Morgan fingerprint density at radius 1 is 1.14 bits per heavy atom. The van der Waals surface area contributed by atoms with Gasteiger partial charge in [-0.2, -0.15) is 5.26 Å². The first-order chi connectivity index (χ1) is 6.65. The Hall–Kier alpha value is -0.590. The van der Waals surface area contributed by atoms with Crippen molar-refractivity contribution in [3.05, 3.63) is 0 Å². The van der Waals surface area contributed by atoms with Gasteiger partial charge in [-0.05, 0) is 33.5 Å². The fraction of sp³-hybridized carbons (Fsp3) is 0.909. The molecule has 0 spiro atoms. The molecule has 0 aromatic carbocycles. The van der Waals surface area contributed by atoms with Crippen molar-refractivity contribution in [3.8, 4) is 6.07 Å². The van der Waals surface area contributed by atoms with Gasteiger partial charge in [0.25, 0.3) is 0 Å². The van der Waals surface area contributed by atoms with Gasteiger partial charge >= 0.3 is 0 Å². The number of hydrogen-bond donors (Lipinski definition) is 0. The van der Waals surface area contributed by atoms with Crippen LogP contribution in [0.4, 0.5) is 0 Å². The van der Waals surface area contributed by atoms with Crippen LogP contribution < -0.4 is 0 Å². The highest BCUT2D eigenvalue weighted by molar-refractivity contribution is 4.90. The number of rotatable bonds is 7. The van der Waals surface area contributed by atoms with Crippen LogP contribution in [0.25, 0.3) is 0 Å². The first-order valence-electron chi connectivity index (χ1n) is 5.44. The van der Waals surface area contributed by atoms with E-state index in [1.807, 2.05) is 0 Å². The van der Waals surface area contributed by atoms with Crippen LogP contribution in [0.1, 0.15) is 26.7 Å². The van der Waals surface area contributed by atoms with Crippen molar-refractivity contribution in [3.63, 3.8) is 0 Å². The number of nitriles is 1. The SMILES string of the molecule is CCCN(CCN(C)C)C(C#N)CC. The summed E-state index contributed by atoms with van der Waals surface area (Å²) in [6, 6.07) is 2.46. The zero-order valence-electron chi connectivity index (χ0n) is 9.95. The van der Waals surface area contributed by atoms with E-state index in [4.69, 9.17) is 5.26 Å². The average molecular weight is 197 g/mol. The van der Waals surface area contributed by atoms with Crippen LogP contribution in [-0.2, 0) is 0 Å². The minimum atomic E-state index is 0.0925. The third-order valence-electron chi connectivity index (χ3n) is 2.32. The molecule has 0 heterocycles. The van der Waals surface area contributed by atoms with Gasteiger partial charge in [-0.3, -0.25) is 4.90 Å². The third-order valence-corrected chi connectivity index (χ3v) is 2.32. The van der Waals surface area contributed by atoms with Crippen molar-refractivity contribution in [1.82, 2.24) is 9.80 Å². The maximum atomic E-state index is 8.98. The molecule has 3 heteroatoms. The lowest BCUT2D eigenvalue weighted by atomic mass is 10.2. The predicted octanol–water partition coefficient (Wildman–Crippen LogP) is 1.56. The van der Waals surface area contributed by atoms with Crippen LogP contribution in [0, 0.1) is 11.3 Å². The molecule has 1 unspecified atom stereocenters. The second-order valence-corrected chi connectivity index (χ2v) is 3.89. The Morgan fingerprint density at radius 2 is 1.79 bits per heavy atom. The average Bonchev–Trinajstić information content (AvgIpc) is 2.15. The van der Waals surface area contributed by atoms with E-state index in [2.05, 4.69) is 43.8 Å². The molecule has 0 aliphatic rings. The summed E-state index contributed by atoms with van der Waals surface area (Å²) >= 11 is 0. The molecule has 0 N–H and O–H groups in total. The van der Waals surface area contributed by atoms with Crippen LogP contribution in [0.5, 0.6) is 0 Å². The normalized spacial score (nSPS) is 13.2. The molecule has 0 saturated carbocycles. The molecule has 0 radical (unpaired) electrons. The molecule has 0 amide bonds. The van der Waals surface area contributed by atoms with E-state index in [-0.39, 0.29) is 6.04 Å². The molecule has 0 rings (SSSR count). The quantitative estimate of drug-likeness (QED) is 0.620. The topological polar surface area (TPSA) is 30.3 Å². The molecule has 0 fully saturated rings. The molecule has 82 valence electrons. The summed E-state index contributed by atoms with van der Waals surface area (Å²) in [5, 5.41) is 8.98. The van der Waals surface area contributed by atoms with Gasteiger partial charge in [-0.15, -0.1) is 0 Å². The van der Waals surface area contributed by atoms with E-state index >= 15 is 0 Å². The largest absolute Gasteiger partial charge is 0.308 e. The summed E-state index contributed by atoms with van der Waals surface area (Å²) in [5.74, 6) is 0. The van der Waals surface area contributed by atoms with Gasteiger partial charge in [0.05, 0.1) is 12.1 Å². The summed E-state index contributed by atoms with van der Waals surface area (Å²) < 4.78 is 0. The standard InChI is InChI=1S/C11H23N3/c1-5-7-14(9-8-13(3)4)11(6-2)10-12/h11H,5-9H2,1-4H3. The minimum Gasteiger partial charge on any atom is -0.308 e. The van der Waals surface area contributed by atoms with Gasteiger partial charge in [0.2, 0.25) is 0 Å². The first kappa shape index (κ1) is 13.4. The van der Waals surface area contributed by atoms with Gasteiger partial charge < -0.3 is 4.90 Å². The molecule has 0 saturated heterocycles. The van der Waals surface area contributed by atoms with E-state index in [9.17, 15) is 0 Å². The molecule has 0 aromatic rings. The number of likely N-dealkylation sites (N-methyl/N-ethyl adjacent to an activating group) is 1. The van der Waals surface area contributed by atoms with Crippen molar-refractivity contribution in [2.45, 2.75) is 32.7 Å². The second-order valence-electron chi connectivity index (χ2n) is 3.89. The Labute approximate surface area is 88.3 Å². The molecule has 0 aliphatic carbocycles. The smallest absolute Gasteiger partial charge is 0.0975 e. The van der Waals surface area contributed by atoms with Crippen LogP contribution in [0.2, 0.25) is 0 Å². The van der Waals surface area contributed by atoms with Crippen LogP contribution in [0.15, 0.2) is 0 Å². The highest BCUT2D eigenvalue weighted by atomic mass is 15.2. The van der Waals surface area contributed by atoms with Crippen LogP contribution in [-0.4, -0.2) is 49.6 Å². The van der Waals surface area contributed by atoms with Gasteiger partial charge in [0, 0.05) is 13.1 Å². The van der Waals surface area contributed by atoms with Gasteiger partial charge in [-0.25, -0.2) is 0 Å². The van der Waals surface area contributed by atoms with Gasteiger partial charge in [0.1, 0.15) is 0 Å². The fourth-order valence-electron chi connectivity index (χ4n) is 1.47. The summed E-state index contributed by atoms with van der Waals surface area (Å²) in [4.78, 5) is 4.44. The van der Waals surface area contributed by atoms with Crippen molar-refractivity contribution >= 4 is 0 Å². The summed E-state index contributed by atoms with van der Waals surface area (Å²) in [6.07, 6.45) is 2.04. The molecule has 0 bridgehead atoms. The monoisotopic (exact) mass is 197 g/mol. The van der Waals surface area contributed by atoms with Crippen molar-refractivity contribution in [2.75, 3.05) is 33.7 Å². The predicted molar refractivity (Wildman–Crippen MR) is 60.1 cm³/mol.